The van der Waals surface area contributed by atoms with Crippen LogP contribution in [0.15, 0.2) is 54.6 Å². The molecule has 0 aliphatic carbocycles. The van der Waals surface area contributed by atoms with Gasteiger partial charge in [-0.25, -0.2) is 0 Å². The summed E-state index contributed by atoms with van der Waals surface area (Å²) < 4.78 is 21.3. The van der Waals surface area contributed by atoms with Gasteiger partial charge in [0, 0.05) is 11.6 Å². The molecule has 0 aliphatic heterocycles. The van der Waals surface area contributed by atoms with Crippen LogP contribution in [0.3, 0.4) is 0 Å². The van der Waals surface area contributed by atoms with E-state index < -0.39 is 5.91 Å². The van der Waals surface area contributed by atoms with Crippen molar-refractivity contribution in [1.29, 1.82) is 0 Å². The maximum absolute atomic E-state index is 12.6. The first-order chi connectivity index (χ1) is 16.9. The number of carbonyl (C=O) groups excluding carboxylic acids is 1. The molecule has 0 unspecified atom stereocenters. The molecule has 0 fully saturated rings. The number of aromatic hydroxyl groups is 1. The zero-order valence-electron chi connectivity index (χ0n) is 20.0. The van der Waals surface area contributed by atoms with Crippen LogP contribution in [-0.4, -0.2) is 39.5 Å². The maximum atomic E-state index is 12.6. The number of para-hydroxylation sites is 1. The lowest BCUT2D eigenvalue weighted by atomic mass is 10.1. The zero-order chi connectivity index (χ0) is 25.4. The first-order valence-electron chi connectivity index (χ1n) is 10.6. The Balaban J connectivity index is 1.83. The van der Waals surface area contributed by atoms with Crippen LogP contribution in [-0.2, 0) is 4.79 Å². The molecule has 8 nitrogen and oxygen atoms in total. The predicted octanol–water partition coefficient (Wildman–Crippen LogP) is 4.83. The van der Waals surface area contributed by atoms with E-state index in [9.17, 15) is 9.90 Å². The average Bonchev–Trinajstić information content (AvgIpc) is 2.87. The molecular formula is C27H28N2O6. The van der Waals surface area contributed by atoms with Gasteiger partial charge in [0.05, 0.1) is 39.8 Å². The smallest absolute Gasteiger partial charge is 0.248 e. The third-order valence-corrected chi connectivity index (χ3v) is 5.15. The van der Waals surface area contributed by atoms with Gasteiger partial charge in [0.2, 0.25) is 11.7 Å². The van der Waals surface area contributed by atoms with Crippen molar-refractivity contribution in [2.24, 2.45) is 0 Å². The number of hydrogen-bond acceptors (Lipinski definition) is 7. The fraction of sp³-hybridized carbons (Fsp3) is 0.148. The molecule has 0 saturated heterocycles. The number of anilines is 2. The third-order valence-electron chi connectivity index (χ3n) is 5.15. The third kappa shape index (κ3) is 6.05. The van der Waals surface area contributed by atoms with Crippen molar-refractivity contribution in [3.63, 3.8) is 0 Å². The molecule has 0 aliphatic rings. The van der Waals surface area contributed by atoms with E-state index in [-0.39, 0.29) is 11.4 Å². The molecule has 3 aromatic carbocycles. The Morgan fingerprint density at radius 3 is 2.11 bits per heavy atom. The number of rotatable bonds is 9. The summed E-state index contributed by atoms with van der Waals surface area (Å²) in [5.74, 6) is 1.60. The maximum Gasteiger partial charge on any atom is 0.248 e. The minimum atomic E-state index is -0.414. The Morgan fingerprint density at radius 2 is 1.51 bits per heavy atom. The Kier molecular flexibility index (Phi) is 8.24. The van der Waals surface area contributed by atoms with Crippen LogP contribution in [0, 0.1) is 0 Å². The highest BCUT2D eigenvalue weighted by Crippen LogP contribution is 2.39. The number of ether oxygens (including phenoxy) is 4. The quantitative estimate of drug-likeness (QED) is 0.175. The summed E-state index contributed by atoms with van der Waals surface area (Å²) in [6, 6.07) is 13.8. The van der Waals surface area contributed by atoms with Gasteiger partial charge in [-0.1, -0.05) is 30.4 Å². The Morgan fingerprint density at radius 1 is 0.829 bits per heavy atom. The van der Waals surface area contributed by atoms with Crippen LogP contribution in [0.4, 0.5) is 11.4 Å². The second kappa shape index (κ2) is 11.5. The first-order valence-corrected chi connectivity index (χ1v) is 10.6. The molecule has 3 aromatic rings. The summed E-state index contributed by atoms with van der Waals surface area (Å²) in [5.41, 5.74) is 8.77. The number of methoxy groups -OCH3 is 4. The van der Waals surface area contributed by atoms with E-state index in [1.807, 2.05) is 6.08 Å². The number of nitrogen functional groups attached to an aromatic ring is 1. The van der Waals surface area contributed by atoms with Crippen LogP contribution in [0.25, 0.3) is 18.2 Å². The van der Waals surface area contributed by atoms with Crippen molar-refractivity contribution in [2.45, 2.75) is 0 Å². The topological polar surface area (TPSA) is 112 Å². The molecule has 0 aromatic heterocycles. The number of amides is 1. The highest BCUT2D eigenvalue weighted by Gasteiger charge is 2.13. The largest absolute Gasteiger partial charge is 0.506 e. The fourth-order valence-electron chi connectivity index (χ4n) is 3.41. The van der Waals surface area contributed by atoms with E-state index in [0.29, 0.717) is 34.2 Å². The predicted molar refractivity (Wildman–Crippen MR) is 138 cm³/mol. The van der Waals surface area contributed by atoms with E-state index >= 15 is 0 Å². The number of carbonyl (C=O) groups is 1. The van der Waals surface area contributed by atoms with Crippen LogP contribution in [0.2, 0.25) is 0 Å². The normalized spacial score (nSPS) is 11.0. The van der Waals surface area contributed by atoms with Crippen molar-refractivity contribution in [3.05, 3.63) is 71.3 Å². The van der Waals surface area contributed by atoms with Crippen molar-refractivity contribution in [3.8, 4) is 28.7 Å². The molecule has 35 heavy (non-hydrogen) atoms. The number of phenolic OH excluding ortho intramolecular Hbond substituents is 1. The monoisotopic (exact) mass is 476 g/mol. The second-order valence-corrected chi connectivity index (χ2v) is 7.36. The molecule has 0 radical (unpaired) electrons. The summed E-state index contributed by atoms with van der Waals surface area (Å²) in [4.78, 5) is 12.6. The van der Waals surface area contributed by atoms with Gasteiger partial charge in [-0.3, -0.25) is 4.79 Å². The van der Waals surface area contributed by atoms with Gasteiger partial charge in [-0.05, 0) is 47.5 Å². The van der Waals surface area contributed by atoms with Crippen LogP contribution in [0.1, 0.15) is 16.7 Å². The van der Waals surface area contributed by atoms with E-state index in [4.69, 9.17) is 24.7 Å². The van der Waals surface area contributed by atoms with E-state index in [2.05, 4.69) is 5.32 Å². The van der Waals surface area contributed by atoms with E-state index in [1.165, 1.54) is 26.4 Å². The number of benzene rings is 3. The minimum absolute atomic E-state index is 0.0625. The minimum Gasteiger partial charge on any atom is -0.506 e. The van der Waals surface area contributed by atoms with Crippen LogP contribution in [0.5, 0.6) is 28.7 Å². The summed E-state index contributed by atoms with van der Waals surface area (Å²) >= 11 is 0. The summed E-state index contributed by atoms with van der Waals surface area (Å²) in [6.07, 6.45) is 6.56. The number of hydrogen-bond donors (Lipinski definition) is 3. The lowest BCUT2D eigenvalue weighted by Crippen LogP contribution is -2.09. The Hall–Kier alpha value is -4.59. The summed E-state index contributed by atoms with van der Waals surface area (Å²) in [7, 11) is 6.16. The second-order valence-electron chi connectivity index (χ2n) is 7.36. The highest BCUT2D eigenvalue weighted by molar-refractivity contribution is 6.04. The van der Waals surface area contributed by atoms with Gasteiger partial charge in [-0.2, -0.15) is 0 Å². The summed E-state index contributed by atoms with van der Waals surface area (Å²) in [6.45, 7) is 0. The number of phenols is 1. The highest BCUT2D eigenvalue weighted by atomic mass is 16.5. The number of nitrogens with two attached hydrogens (primary N) is 1. The van der Waals surface area contributed by atoms with Crippen LogP contribution < -0.4 is 30.0 Å². The van der Waals surface area contributed by atoms with E-state index in [1.54, 1.807) is 68.8 Å². The number of nitrogens with one attached hydrogen (secondary N) is 1. The molecule has 0 heterocycles. The lowest BCUT2D eigenvalue weighted by molar-refractivity contribution is -0.111. The zero-order valence-corrected chi connectivity index (χ0v) is 20.0. The molecule has 0 atom stereocenters. The van der Waals surface area contributed by atoms with Gasteiger partial charge in [0.15, 0.2) is 11.5 Å². The Labute approximate surface area is 204 Å². The molecule has 0 spiro atoms. The average molecular weight is 477 g/mol. The molecular weight excluding hydrogens is 448 g/mol. The lowest BCUT2D eigenvalue weighted by Gasteiger charge is -2.13. The van der Waals surface area contributed by atoms with Gasteiger partial charge >= 0.3 is 0 Å². The molecule has 8 heteroatoms. The van der Waals surface area contributed by atoms with Gasteiger partial charge < -0.3 is 35.1 Å². The van der Waals surface area contributed by atoms with Crippen molar-refractivity contribution < 1.29 is 28.8 Å². The molecule has 0 saturated carbocycles. The molecule has 1 amide bonds. The molecule has 4 N–H and O–H groups in total. The fourth-order valence-corrected chi connectivity index (χ4v) is 3.41. The van der Waals surface area contributed by atoms with Gasteiger partial charge in [0.1, 0.15) is 11.5 Å². The molecule has 3 rings (SSSR count). The standard InChI is InChI=1S/C27H28N2O6/c1-32-22-12-9-17(14-20(22)28)10-13-25(31)29-26-19(6-5-7-21(26)30)11-8-18-15-23(33-2)27(35-4)24(16-18)34-3/h5-16,30H,28H2,1-4H3,(H,29,31)/b11-8-,13-10-. The molecule has 0 bridgehead atoms. The molecule has 182 valence electrons. The van der Waals surface area contributed by atoms with Crippen molar-refractivity contribution in [2.75, 3.05) is 39.5 Å². The van der Waals surface area contributed by atoms with Crippen molar-refractivity contribution >= 4 is 35.5 Å². The Bertz CT molecular complexity index is 1240. The van der Waals surface area contributed by atoms with Crippen molar-refractivity contribution in [1.82, 2.24) is 0 Å². The SMILES string of the molecule is COc1ccc(/C=C\C(=O)Nc2c(O)cccc2/C=C\c2cc(OC)c(OC)c(OC)c2)cc1N. The van der Waals surface area contributed by atoms with Gasteiger partial charge in [-0.15, -0.1) is 0 Å². The van der Waals surface area contributed by atoms with E-state index in [0.717, 1.165) is 11.1 Å². The first kappa shape index (κ1) is 25.0. The van der Waals surface area contributed by atoms with Crippen LogP contribution >= 0.6 is 0 Å². The van der Waals surface area contributed by atoms with Gasteiger partial charge in [0.25, 0.3) is 0 Å². The summed E-state index contributed by atoms with van der Waals surface area (Å²) in [5, 5.41) is 13.1.